The first-order chi connectivity index (χ1) is 12.7. The van der Waals surface area contributed by atoms with Crippen LogP contribution in [0.25, 0.3) is 21.3 Å². The number of imidazole rings is 1. The van der Waals surface area contributed by atoms with E-state index in [1.54, 1.807) is 30.5 Å². The molecule has 0 spiro atoms. The lowest BCUT2D eigenvalue weighted by atomic mass is 10.1. The van der Waals surface area contributed by atoms with E-state index in [-0.39, 0.29) is 6.04 Å². The van der Waals surface area contributed by atoms with Crippen LogP contribution in [-0.4, -0.2) is 32.9 Å². The summed E-state index contributed by atoms with van der Waals surface area (Å²) < 4.78 is 8.96. The highest BCUT2D eigenvalue weighted by molar-refractivity contribution is 7.18. The van der Waals surface area contributed by atoms with Crippen molar-refractivity contribution in [3.8, 4) is 6.07 Å². The van der Waals surface area contributed by atoms with E-state index in [0.717, 1.165) is 40.7 Å². The molecule has 6 nitrogen and oxygen atoms in total. The molecule has 1 aliphatic heterocycles. The molecule has 4 rings (SSSR count). The highest BCUT2D eigenvalue weighted by atomic mass is 32.1. The molecule has 1 fully saturated rings. The Morgan fingerprint density at radius 3 is 2.77 bits per heavy atom. The number of pyridine rings is 1. The number of hydrogen-bond donors (Lipinski definition) is 1. The number of aliphatic hydroxyl groups is 1. The Bertz CT molecular complexity index is 873. The van der Waals surface area contributed by atoms with Gasteiger partial charge in [0.1, 0.15) is 17.4 Å². The van der Waals surface area contributed by atoms with Gasteiger partial charge in [-0.15, -0.1) is 11.3 Å². The van der Waals surface area contributed by atoms with E-state index in [4.69, 9.17) is 10.00 Å². The van der Waals surface area contributed by atoms with Crippen molar-refractivity contribution in [2.75, 3.05) is 13.2 Å². The molecule has 3 aromatic heterocycles. The van der Waals surface area contributed by atoms with Gasteiger partial charge in [-0.05, 0) is 31.2 Å². The van der Waals surface area contributed by atoms with Crippen LogP contribution in [0.2, 0.25) is 0 Å². The summed E-state index contributed by atoms with van der Waals surface area (Å²) in [4.78, 5) is 9.07. The molecule has 1 N–H and O–H groups in total. The number of nitriles is 1. The Kier molecular flexibility index (Phi) is 7.51. The maximum Gasteiger partial charge on any atom is 0.139 e. The van der Waals surface area contributed by atoms with Crippen LogP contribution in [0.5, 0.6) is 0 Å². The monoisotopic (exact) mass is 374 g/mol. The lowest BCUT2D eigenvalue weighted by Crippen LogP contribution is -2.23. The maximum absolute atomic E-state index is 10.1. The van der Waals surface area contributed by atoms with Crippen LogP contribution < -0.4 is 0 Å². The minimum absolute atomic E-state index is 0.237. The molecular weight excluding hydrogens is 348 g/mol. The Hall–Kier alpha value is -2.01. The summed E-state index contributed by atoms with van der Waals surface area (Å²) in [6, 6.07) is 4.01. The molecule has 1 saturated heterocycles. The van der Waals surface area contributed by atoms with Gasteiger partial charge in [-0.25, -0.2) is 4.98 Å². The van der Waals surface area contributed by atoms with Crippen LogP contribution in [0.4, 0.5) is 0 Å². The quantitative estimate of drug-likeness (QED) is 0.708. The van der Waals surface area contributed by atoms with Gasteiger partial charge in [0.15, 0.2) is 0 Å². The van der Waals surface area contributed by atoms with Gasteiger partial charge in [-0.2, -0.15) is 5.26 Å². The number of aliphatic hydroxyl groups excluding tert-OH is 1. The summed E-state index contributed by atoms with van der Waals surface area (Å²) >= 11 is 1.67. The SMILES string of the molecule is CC.CC#N.CC(O)c1nc2cnc3ccsc3c2n1C1CCCOC1. The molecule has 0 bridgehead atoms. The number of ether oxygens (including phenoxy) is 1. The van der Waals surface area contributed by atoms with Gasteiger partial charge in [0.05, 0.1) is 40.6 Å². The van der Waals surface area contributed by atoms with Crippen molar-refractivity contribution >= 4 is 32.6 Å². The zero-order chi connectivity index (χ0) is 19.1. The molecule has 7 heteroatoms. The fraction of sp³-hybridized carbons (Fsp3) is 0.526. The smallest absolute Gasteiger partial charge is 0.139 e. The zero-order valence-corrected chi connectivity index (χ0v) is 16.6. The number of aromatic nitrogens is 3. The van der Waals surface area contributed by atoms with Gasteiger partial charge >= 0.3 is 0 Å². The van der Waals surface area contributed by atoms with Crippen molar-refractivity contribution in [1.29, 1.82) is 5.26 Å². The van der Waals surface area contributed by atoms with E-state index >= 15 is 0 Å². The number of rotatable bonds is 2. The second kappa shape index (κ2) is 9.62. The Balaban J connectivity index is 0.000000444. The van der Waals surface area contributed by atoms with Crippen molar-refractivity contribution in [1.82, 2.24) is 14.5 Å². The number of nitrogens with zero attached hydrogens (tertiary/aromatic N) is 4. The minimum Gasteiger partial charge on any atom is -0.385 e. The van der Waals surface area contributed by atoms with Gasteiger partial charge < -0.3 is 14.4 Å². The van der Waals surface area contributed by atoms with Gasteiger partial charge in [0.2, 0.25) is 0 Å². The fourth-order valence-corrected chi connectivity index (χ4v) is 3.98. The lowest BCUT2D eigenvalue weighted by molar-refractivity contribution is 0.0565. The summed E-state index contributed by atoms with van der Waals surface area (Å²) in [5, 5.41) is 19.5. The lowest BCUT2D eigenvalue weighted by Gasteiger charge is -2.26. The normalized spacial score (nSPS) is 17.6. The molecule has 2 unspecified atom stereocenters. The minimum atomic E-state index is -0.602. The zero-order valence-electron chi connectivity index (χ0n) is 15.8. The summed E-state index contributed by atoms with van der Waals surface area (Å²) in [5.74, 6) is 0.711. The maximum atomic E-state index is 10.1. The molecule has 0 aliphatic carbocycles. The van der Waals surface area contributed by atoms with E-state index in [2.05, 4.69) is 14.5 Å². The van der Waals surface area contributed by atoms with E-state index in [0.29, 0.717) is 12.4 Å². The van der Waals surface area contributed by atoms with Crippen molar-refractivity contribution in [3.05, 3.63) is 23.5 Å². The fourth-order valence-electron chi connectivity index (χ4n) is 3.09. The van der Waals surface area contributed by atoms with E-state index in [1.807, 2.05) is 25.3 Å². The first kappa shape index (κ1) is 20.3. The standard InChI is InChI=1S/C15H17N3O2S.C2H3N.C2H6/c1-9(19)15-17-12-7-16-11-4-6-21-14(11)13(12)18(15)10-3-2-5-20-8-10;1-2-3;1-2/h4,6-7,9-10,19H,2-3,5,8H2,1H3;1H3;1-2H3. The molecule has 4 heterocycles. The van der Waals surface area contributed by atoms with E-state index in [9.17, 15) is 5.11 Å². The Morgan fingerprint density at radius 2 is 2.15 bits per heavy atom. The number of thiophene rings is 1. The topological polar surface area (TPSA) is 84.0 Å². The van der Waals surface area contributed by atoms with Crippen LogP contribution >= 0.6 is 11.3 Å². The molecule has 3 aromatic rings. The van der Waals surface area contributed by atoms with Gasteiger partial charge in [0, 0.05) is 13.5 Å². The molecule has 0 amide bonds. The van der Waals surface area contributed by atoms with E-state index < -0.39 is 6.10 Å². The predicted molar refractivity (Wildman–Crippen MR) is 105 cm³/mol. The molecule has 140 valence electrons. The first-order valence-electron chi connectivity index (χ1n) is 8.98. The van der Waals surface area contributed by atoms with Crippen LogP contribution in [0.1, 0.15) is 58.5 Å². The van der Waals surface area contributed by atoms with Crippen LogP contribution in [0.3, 0.4) is 0 Å². The molecule has 26 heavy (non-hydrogen) atoms. The van der Waals surface area contributed by atoms with Crippen molar-refractivity contribution in [3.63, 3.8) is 0 Å². The highest BCUT2D eigenvalue weighted by Crippen LogP contribution is 2.34. The third-order valence-electron chi connectivity index (χ3n) is 4.03. The highest BCUT2D eigenvalue weighted by Gasteiger charge is 2.25. The summed E-state index contributed by atoms with van der Waals surface area (Å²) in [7, 11) is 0. The summed E-state index contributed by atoms with van der Waals surface area (Å²) in [5.41, 5.74) is 2.93. The van der Waals surface area contributed by atoms with Gasteiger partial charge in [-0.3, -0.25) is 4.98 Å². The van der Waals surface area contributed by atoms with Crippen LogP contribution in [-0.2, 0) is 4.74 Å². The second-order valence-electron chi connectivity index (χ2n) is 5.74. The number of fused-ring (bicyclic) bond motifs is 3. The Labute approximate surface area is 158 Å². The molecule has 0 aromatic carbocycles. The van der Waals surface area contributed by atoms with Gasteiger partial charge in [0.25, 0.3) is 0 Å². The summed E-state index contributed by atoms with van der Waals surface area (Å²) in [6.45, 7) is 8.70. The van der Waals surface area contributed by atoms with Crippen LogP contribution in [0.15, 0.2) is 17.6 Å². The van der Waals surface area contributed by atoms with Crippen molar-refractivity contribution in [2.45, 2.75) is 52.7 Å². The molecule has 0 saturated carbocycles. The van der Waals surface area contributed by atoms with Crippen LogP contribution in [0, 0.1) is 11.3 Å². The van der Waals surface area contributed by atoms with E-state index in [1.165, 1.54) is 6.92 Å². The molecule has 2 atom stereocenters. The molecule has 0 radical (unpaired) electrons. The molecular formula is C19H26N4O2S. The Morgan fingerprint density at radius 1 is 1.42 bits per heavy atom. The number of hydrogen-bond acceptors (Lipinski definition) is 6. The van der Waals surface area contributed by atoms with Crippen molar-refractivity contribution in [2.24, 2.45) is 0 Å². The van der Waals surface area contributed by atoms with Gasteiger partial charge in [-0.1, -0.05) is 13.8 Å². The average molecular weight is 375 g/mol. The average Bonchev–Trinajstić information content (AvgIpc) is 3.28. The third kappa shape index (κ3) is 4.04. The van der Waals surface area contributed by atoms with Crippen molar-refractivity contribution < 1.29 is 9.84 Å². The third-order valence-corrected chi connectivity index (χ3v) is 4.94. The second-order valence-corrected chi connectivity index (χ2v) is 6.65. The first-order valence-corrected chi connectivity index (χ1v) is 9.86. The summed E-state index contributed by atoms with van der Waals surface area (Å²) in [6.07, 6.45) is 3.30. The predicted octanol–water partition coefficient (Wildman–Crippen LogP) is 4.61. The largest absolute Gasteiger partial charge is 0.385 e. The molecule has 1 aliphatic rings.